The Labute approximate surface area is 101 Å². The fourth-order valence-corrected chi connectivity index (χ4v) is 2.14. The highest BCUT2D eigenvalue weighted by Crippen LogP contribution is 2.48. The van der Waals surface area contributed by atoms with Crippen LogP contribution in [0.2, 0.25) is 0 Å². The number of benzene rings is 1. The smallest absolute Gasteiger partial charge is 0.402 e. The van der Waals surface area contributed by atoms with Gasteiger partial charge in [0.05, 0.1) is 13.2 Å². The first-order valence-corrected chi connectivity index (χ1v) is 5.58. The molecule has 0 bridgehead atoms. The normalized spacial score (nSPS) is 21.3. The van der Waals surface area contributed by atoms with Crippen LogP contribution in [-0.4, -0.2) is 32.6 Å². The lowest BCUT2D eigenvalue weighted by Gasteiger charge is -2.43. The molecular weight excluding hydrogens is 249 g/mol. The summed E-state index contributed by atoms with van der Waals surface area (Å²) in [6.07, 6.45) is -4.32. The second-order valence-electron chi connectivity index (χ2n) is 4.43. The van der Waals surface area contributed by atoms with Gasteiger partial charge in [0, 0.05) is 0 Å². The second kappa shape index (κ2) is 3.78. The third-order valence-electron chi connectivity index (χ3n) is 3.33. The van der Waals surface area contributed by atoms with Crippen LogP contribution in [-0.2, 0) is 10.2 Å². The lowest BCUT2D eigenvalue weighted by Crippen LogP contribution is -2.57. The van der Waals surface area contributed by atoms with Gasteiger partial charge in [-0.2, -0.15) is 13.2 Å². The van der Waals surface area contributed by atoms with Gasteiger partial charge in [-0.05, 0) is 17.7 Å². The van der Waals surface area contributed by atoms with E-state index >= 15 is 0 Å². The summed E-state index contributed by atoms with van der Waals surface area (Å²) in [7, 11) is 0. The second-order valence-corrected chi connectivity index (χ2v) is 4.43. The number of rotatable bonds is 1. The first kappa shape index (κ1) is 11.6. The molecule has 2 aliphatic rings. The minimum absolute atomic E-state index is 0.172. The monoisotopic (exact) mass is 260 g/mol. The molecule has 0 radical (unpaired) electrons. The van der Waals surface area contributed by atoms with Gasteiger partial charge in [0.2, 0.25) is 0 Å². The van der Waals surface area contributed by atoms with Crippen molar-refractivity contribution in [1.82, 2.24) is 0 Å². The minimum atomic E-state index is -4.32. The SMILES string of the molecule is FC(F)(F)C1(c2ccc3c(c2)OCCO3)COC1. The Bertz CT molecular complexity index is 466. The summed E-state index contributed by atoms with van der Waals surface area (Å²) in [6, 6.07) is 4.36. The van der Waals surface area contributed by atoms with Crippen molar-refractivity contribution in [2.45, 2.75) is 11.6 Å². The maximum Gasteiger partial charge on any atom is 0.402 e. The maximum absolute atomic E-state index is 13.1. The first-order chi connectivity index (χ1) is 8.53. The van der Waals surface area contributed by atoms with Gasteiger partial charge < -0.3 is 14.2 Å². The zero-order valence-corrected chi connectivity index (χ0v) is 9.42. The Balaban J connectivity index is 2.01. The highest BCUT2D eigenvalue weighted by atomic mass is 19.4. The molecule has 0 aromatic heterocycles. The van der Waals surface area contributed by atoms with Gasteiger partial charge in [-0.1, -0.05) is 6.07 Å². The molecule has 0 atom stereocenters. The quantitative estimate of drug-likeness (QED) is 0.775. The van der Waals surface area contributed by atoms with E-state index in [1.165, 1.54) is 18.2 Å². The lowest BCUT2D eigenvalue weighted by molar-refractivity contribution is -0.262. The average Bonchev–Trinajstić information content (AvgIpc) is 2.25. The van der Waals surface area contributed by atoms with Crippen LogP contribution in [0.5, 0.6) is 11.5 Å². The lowest BCUT2D eigenvalue weighted by atomic mass is 9.78. The summed E-state index contributed by atoms with van der Waals surface area (Å²) in [5.41, 5.74) is -1.73. The Morgan fingerprint density at radius 3 is 2.22 bits per heavy atom. The van der Waals surface area contributed by atoms with Crippen LogP contribution >= 0.6 is 0 Å². The van der Waals surface area contributed by atoms with E-state index in [1.807, 2.05) is 0 Å². The molecule has 0 unspecified atom stereocenters. The molecular formula is C12H11F3O3. The number of alkyl halides is 3. The Kier molecular flexibility index (Phi) is 2.45. The molecule has 0 amide bonds. The summed E-state index contributed by atoms with van der Waals surface area (Å²) in [5.74, 6) is 0.858. The van der Waals surface area contributed by atoms with E-state index < -0.39 is 11.6 Å². The highest BCUT2D eigenvalue weighted by Gasteiger charge is 2.61. The summed E-state index contributed by atoms with van der Waals surface area (Å²) in [6.45, 7) is 0.0954. The Morgan fingerprint density at radius 1 is 1.00 bits per heavy atom. The molecule has 6 heteroatoms. The predicted molar refractivity (Wildman–Crippen MR) is 56.0 cm³/mol. The number of hydrogen-bond donors (Lipinski definition) is 0. The average molecular weight is 260 g/mol. The molecule has 3 nitrogen and oxygen atoms in total. The van der Waals surface area contributed by atoms with Crippen LogP contribution in [0, 0.1) is 0 Å². The molecule has 1 aromatic rings. The highest BCUT2D eigenvalue weighted by molar-refractivity contribution is 5.47. The summed E-state index contributed by atoms with van der Waals surface area (Å²) in [4.78, 5) is 0. The molecule has 1 fully saturated rings. The van der Waals surface area contributed by atoms with Crippen LogP contribution in [0.4, 0.5) is 13.2 Å². The van der Waals surface area contributed by atoms with Crippen molar-refractivity contribution in [2.75, 3.05) is 26.4 Å². The molecule has 0 spiro atoms. The molecule has 0 aliphatic carbocycles. The van der Waals surface area contributed by atoms with Crippen LogP contribution < -0.4 is 9.47 Å². The number of hydrogen-bond acceptors (Lipinski definition) is 3. The molecule has 2 aliphatic heterocycles. The minimum Gasteiger partial charge on any atom is -0.486 e. The Morgan fingerprint density at radius 2 is 1.67 bits per heavy atom. The van der Waals surface area contributed by atoms with Gasteiger partial charge in [-0.25, -0.2) is 0 Å². The third kappa shape index (κ3) is 1.55. The van der Waals surface area contributed by atoms with Crippen molar-refractivity contribution < 1.29 is 27.4 Å². The number of fused-ring (bicyclic) bond motifs is 1. The molecule has 0 N–H and O–H groups in total. The summed E-state index contributed by atoms with van der Waals surface area (Å²) >= 11 is 0. The Hall–Kier alpha value is -1.43. The van der Waals surface area contributed by atoms with Crippen molar-refractivity contribution in [3.63, 3.8) is 0 Å². The molecule has 98 valence electrons. The molecule has 3 rings (SSSR count). The van der Waals surface area contributed by atoms with E-state index in [2.05, 4.69) is 0 Å². The summed E-state index contributed by atoms with van der Waals surface area (Å²) in [5, 5.41) is 0. The zero-order chi connectivity index (χ0) is 12.8. The van der Waals surface area contributed by atoms with Crippen molar-refractivity contribution >= 4 is 0 Å². The molecule has 1 saturated heterocycles. The van der Waals surface area contributed by atoms with Gasteiger partial charge in [0.25, 0.3) is 0 Å². The van der Waals surface area contributed by atoms with E-state index in [4.69, 9.17) is 14.2 Å². The van der Waals surface area contributed by atoms with Gasteiger partial charge >= 0.3 is 6.18 Å². The molecule has 1 aromatic carbocycles. The number of halogens is 3. The molecule has 18 heavy (non-hydrogen) atoms. The van der Waals surface area contributed by atoms with E-state index in [1.54, 1.807) is 0 Å². The van der Waals surface area contributed by atoms with Gasteiger partial charge in [0.15, 0.2) is 11.5 Å². The maximum atomic E-state index is 13.1. The van der Waals surface area contributed by atoms with Crippen LogP contribution in [0.3, 0.4) is 0 Å². The van der Waals surface area contributed by atoms with Gasteiger partial charge in [-0.3, -0.25) is 0 Å². The van der Waals surface area contributed by atoms with E-state index in [9.17, 15) is 13.2 Å². The van der Waals surface area contributed by atoms with E-state index in [-0.39, 0.29) is 18.8 Å². The first-order valence-electron chi connectivity index (χ1n) is 5.58. The zero-order valence-electron chi connectivity index (χ0n) is 9.42. The largest absolute Gasteiger partial charge is 0.486 e. The molecule has 0 saturated carbocycles. The fraction of sp³-hybridized carbons (Fsp3) is 0.500. The van der Waals surface area contributed by atoms with Crippen molar-refractivity contribution in [3.05, 3.63) is 23.8 Å². The van der Waals surface area contributed by atoms with E-state index in [0.29, 0.717) is 24.7 Å². The van der Waals surface area contributed by atoms with Crippen LogP contribution in [0.25, 0.3) is 0 Å². The van der Waals surface area contributed by atoms with Crippen LogP contribution in [0.15, 0.2) is 18.2 Å². The van der Waals surface area contributed by atoms with Crippen molar-refractivity contribution in [2.24, 2.45) is 0 Å². The third-order valence-corrected chi connectivity index (χ3v) is 3.33. The van der Waals surface area contributed by atoms with Gasteiger partial charge in [0.1, 0.15) is 18.6 Å². The van der Waals surface area contributed by atoms with Crippen LogP contribution in [0.1, 0.15) is 5.56 Å². The number of ether oxygens (including phenoxy) is 3. The van der Waals surface area contributed by atoms with Gasteiger partial charge in [-0.15, -0.1) is 0 Å². The van der Waals surface area contributed by atoms with Crippen molar-refractivity contribution in [1.29, 1.82) is 0 Å². The van der Waals surface area contributed by atoms with E-state index in [0.717, 1.165) is 0 Å². The van der Waals surface area contributed by atoms with Crippen molar-refractivity contribution in [3.8, 4) is 11.5 Å². The standard InChI is InChI=1S/C12H11F3O3/c13-12(14,15)11(6-16-7-11)8-1-2-9-10(5-8)18-4-3-17-9/h1-2,5H,3-4,6-7H2. The molecule has 2 heterocycles. The fourth-order valence-electron chi connectivity index (χ4n) is 2.14. The topological polar surface area (TPSA) is 27.7 Å². The predicted octanol–water partition coefficient (Wildman–Crippen LogP) is 2.29. The summed E-state index contributed by atoms with van der Waals surface area (Å²) < 4.78 is 54.7.